The predicted molar refractivity (Wildman–Crippen MR) is 48.6 cm³/mol. The van der Waals surface area contributed by atoms with Gasteiger partial charge in [-0.3, -0.25) is 4.79 Å². The Labute approximate surface area is 76.0 Å². The maximum absolute atomic E-state index is 13.1. The summed E-state index contributed by atoms with van der Waals surface area (Å²) >= 11 is 0. The number of hydrogen-bond donors (Lipinski definition) is 0. The molecule has 1 aliphatic heterocycles. The first-order valence-electron chi connectivity index (χ1n) is 4.31. The Morgan fingerprint density at radius 2 is 2.15 bits per heavy atom. The second-order valence-corrected chi connectivity index (χ2v) is 3.13. The van der Waals surface area contributed by atoms with Crippen molar-refractivity contribution in [1.29, 1.82) is 0 Å². The van der Waals surface area contributed by atoms with E-state index in [4.69, 9.17) is 0 Å². The van der Waals surface area contributed by atoms with E-state index in [1.807, 2.05) is 4.90 Å². The Morgan fingerprint density at radius 3 is 2.69 bits per heavy atom. The van der Waals surface area contributed by atoms with Crippen LogP contribution in [0.3, 0.4) is 0 Å². The number of benzene rings is 1. The molecule has 1 aliphatic rings. The summed E-state index contributed by atoms with van der Waals surface area (Å²) in [7, 11) is 0. The molecule has 1 saturated heterocycles. The van der Waals surface area contributed by atoms with Crippen molar-refractivity contribution in [2.45, 2.75) is 6.42 Å². The van der Waals surface area contributed by atoms with Gasteiger partial charge in [0.2, 0.25) is 0 Å². The molecule has 3 heteroatoms. The SMILES string of the molecule is O=Cc1c(F)cccc1N1CCC1. The molecule has 1 fully saturated rings. The van der Waals surface area contributed by atoms with Gasteiger partial charge in [0.15, 0.2) is 6.29 Å². The molecule has 1 heterocycles. The zero-order valence-electron chi connectivity index (χ0n) is 7.16. The van der Waals surface area contributed by atoms with E-state index in [1.54, 1.807) is 12.1 Å². The molecule has 1 aromatic carbocycles. The van der Waals surface area contributed by atoms with Gasteiger partial charge >= 0.3 is 0 Å². The lowest BCUT2D eigenvalue weighted by molar-refractivity contribution is 0.112. The molecule has 0 saturated carbocycles. The summed E-state index contributed by atoms with van der Waals surface area (Å²) in [5.74, 6) is -0.431. The molecule has 0 aromatic heterocycles. The first-order valence-corrected chi connectivity index (χ1v) is 4.31. The molecule has 0 radical (unpaired) electrons. The van der Waals surface area contributed by atoms with Gasteiger partial charge in [-0.2, -0.15) is 0 Å². The lowest BCUT2D eigenvalue weighted by Crippen LogP contribution is -2.37. The zero-order valence-corrected chi connectivity index (χ0v) is 7.16. The molecule has 2 rings (SSSR count). The number of halogens is 1. The number of carbonyl (C=O) groups is 1. The van der Waals surface area contributed by atoms with E-state index >= 15 is 0 Å². The number of aldehydes is 1. The van der Waals surface area contributed by atoms with Crippen molar-refractivity contribution < 1.29 is 9.18 Å². The Bertz CT molecular complexity index is 334. The van der Waals surface area contributed by atoms with E-state index in [0.29, 0.717) is 6.29 Å². The highest BCUT2D eigenvalue weighted by atomic mass is 19.1. The predicted octanol–water partition coefficient (Wildman–Crippen LogP) is 1.85. The van der Waals surface area contributed by atoms with Crippen molar-refractivity contribution in [2.24, 2.45) is 0 Å². The summed E-state index contributed by atoms with van der Waals surface area (Å²) in [4.78, 5) is 12.6. The van der Waals surface area contributed by atoms with Crippen LogP contribution in [0.25, 0.3) is 0 Å². The van der Waals surface area contributed by atoms with Crippen LogP contribution in [0.15, 0.2) is 18.2 Å². The lowest BCUT2D eigenvalue weighted by Gasteiger charge is -2.34. The summed E-state index contributed by atoms with van der Waals surface area (Å²) < 4.78 is 13.1. The summed E-state index contributed by atoms with van der Waals surface area (Å²) in [5, 5.41) is 0. The van der Waals surface area contributed by atoms with E-state index in [2.05, 4.69) is 0 Å². The third kappa shape index (κ3) is 1.30. The van der Waals surface area contributed by atoms with Crippen molar-refractivity contribution in [3.63, 3.8) is 0 Å². The molecule has 0 bridgehead atoms. The second-order valence-electron chi connectivity index (χ2n) is 3.13. The molecular weight excluding hydrogens is 169 g/mol. The minimum absolute atomic E-state index is 0.183. The minimum atomic E-state index is -0.431. The largest absolute Gasteiger partial charge is 0.371 e. The fourth-order valence-electron chi connectivity index (χ4n) is 1.48. The maximum atomic E-state index is 13.1. The van der Waals surface area contributed by atoms with E-state index in [0.717, 1.165) is 25.2 Å². The summed E-state index contributed by atoms with van der Waals surface area (Å²) in [5.41, 5.74) is 0.906. The van der Waals surface area contributed by atoms with Gasteiger partial charge in [0.25, 0.3) is 0 Å². The minimum Gasteiger partial charge on any atom is -0.371 e. The maximum Gasteiger partial charge on any atom is 0.155 e. The highest BCUT2D eigenvalue weighted by Gasteiger charge is 2.18. The molecule has 0 atom stereocenters. The molecule has 0 spiro atoms. The highest BCUT2D eigenvalue weighted by Crippen LogP contribution is 2.25. The monoisotopic (exact) mass is 179 g/mol. The van der Waals surface area contributed by atoms with Crippen molar-refractivity contribution in [1.82, 2.24) is 0 Å². The first-order chi connectivity index (χ1) is 6.33. The molecule has 0 unspecified atom stereocenters. The van der Waals surface area contributed by atoms with Crippen molar-refractivity contribution >= 4 is 12.0 Å². The van der Waals surface area contributed by atoms with Gasteiger partial charge < -0.3 is 4.90 Å². The Hall–Kier alpha value is -1.38. The molecule has 0 N–H and O–H groups in total. The Balaban J connectivity index is 2.42. The molecule has 13 heavy (non-hydrogen) atoms. The van der Waals surface area contributed by atoms with Gasteiger partial charge in [-0.25, -0.2) is 4.39 Å². The molecule has 68 valence electrons. The van der Waals surface area contributed by atoms with E-state index < -0.39 is 5.82 Å². The van der Waals surface area contributed by atoms with Crippen molar-refractivity contribution in [2.75, 3.05) is 18.0 Å². The zero-order chi connectivity index (χ0) is 9.26. The van der Waals surface area contributed by atoms with Gasteiger partial charge in [-0.05, 0) is 18.6 Å². The van der Waals surface area contributed by atoms with Crippen LogP contribution in [0, 0.1) is 5.82 Å². The third-order valence-corrected chi connectivity index (χ3v) is 2.34. The fraction of sp³-hybridized carbons (Fsp3) is 0.300. The lowest BCUT2D eigenvalue weighted by atomic mass is 10.1. The van der Waals surface area contributed by atoms with Crippen molar-refractivity contribution in [3.8, 4) is 0 Å². The van der Waals surface area contributed by atoms with Crippen LogP contribution in [0.4, 0.5) is 10.1 Å². The van der Waals surface area contributed by atoms with Crippen LogP contribution < -0.4 is 4.90 Å². The molecular formula is C10H10FNO. The van der Waals surface area contributed by atoms with Crippen LogP contribution in [-0.2, 0) is 0 Å². The van der Waals surface area contributed by atoms with Gasteiger partial charge in [0.05, 0.1) is 11.3 Å². The Kier molecular flexibility index (Phi) is 2.00. The average Bonchev–Trinajstić information content (AvgIpc) is 2.01. The van der Waals surface area contributed by atoms with Crippen LogP contribution in [0.5, 0.6) is 0 Å². The second kappa shape index (κ2) is 3.17. The number of nitrogens with zero attached hydrogens (tertiary/aromatic N) is 1. The smallest absolute Gasteiger partial charge is 0.155 e. The van der Waals surface area contributed by atoms with Crippen LogP contribution in [-0.4, -0.2) is 19.4 Å². The Morgan fingerprint density at radius 1 is 1.38 bits per heavy atom. The summed E-state index contributed by atoms with van der Waals surface area (Å²) in [6, 6.07) is 4.73. The van der Waals surface area contributed by atoms with Gasteiger partial charge in [-0.15, -0.1) is 0 Å². The van der Waals surface area contributed by atoms with Gasteiger partial charge in [0.1, 0.15) is 5.82 Å². The number of anilines is 1. The highest BCUT2D eigenvalue weighted by molar-refractivity contribution is 5.85. The van der Waals surface area contributed by atoms with E-state index in [9.17, 15) is 9.18 Å². The molecule has 2 nitrogen and oxygen atoms in total. The van der Waals surface area contributed by atoms with Crippen LogP contribution in [0.1, 0.15) is 16.8 Å². The van der Waals surface area contributed by atoms with Gasteiger partial charge in [-0.1, -0.05) is 6.07 Å². The average molecular weight is 179 g/mol. The standard InChI is InChI=1S/C10H10FNO/c11-9-3-1-4-10(8(9)7-13)12-5-2-6-12/h1,3-4,7H,2,5-6H2. The van der Waals surface area contributed by atoms with E-state index in [1.165, 1.54) is 6.07 Å². The number of carbonyl (C=O) groups excluding carboxylic acids is 1. The quantitative estimate of drug-likeness (QED) is 0.646. The van der Waals surface area contributed by atoms with Crippen LogP contribution >= 0.6 is 0 Å². The summed E-state index contributed by atoms with van der Waals surface area (Å²) in [6.45, 7) is 1.84. The first kappa shape index (κ1) is 8.23. The van der Waals surface area contributed by atoms with Crippen LogP contribution in [0.2, 0.25) is 0 Å². The number of hydrogen-bond acceptors (Lipinski definition) is 2. The molecule has 1 aromatic rings. The van der Waals surface area contributed by atoms with E-state index in [-0.39, 0.29) is 5.56 Å². The van der Waals surface area contributed by atoms with Gasteiger partial charge in [0, 0.05) is 13.1 Å². The molecule has 0 aliphatic carbocycles. The fourth-order valence-corrected chi connectivity index (χ4v) is 1.48. The summed E-state index contributed by atoms with van der Waals surface area (Å²) in [6.07, 6.45) is 1.71. The third-order valence-electron chi connectivity index (χ3n) is 2.34. The van der Waals surface area contributed by atoms with Crippen molar-refractivity contribution in [3.05, 3.63) is 29.6 Å². The molecule has 0 amide bonds. The number of rotatable bonds is 2. The normalized spacial score (nSPS) is 15.3. The topological polar surface area (TPSA) is 20.3 Å².